The van der Waals surface area contributed by atoms with Gasteiger partial charge < -0.3 is 14.8 Å². The molecule has 1 N–H and O–H groups in total. The average Bonchev–Trinajstić information content (AvgIpc) is 2.61. The summed E-state index contributed by atoms with van der Waals surface area (Å²) in [6.07, 6.45) is 0. The molecule has 0 fully saturated rings. The van der Waals surface area contributed by atoms with Crippen molar-refractivity contribution < 1.29 is 19.1 Å². The minimum atomic E-state index is -0.630. The number of benzene rings is 3. The molecule has 0 atom stereocenters. The van der Waals surface area contributed by atoms with E-state index in [-0.39, 0.29) is 0 Å². The molecule has 1 heterocycles. The lowest BCUT2D eigenvalue weighted by Gasteiger charge is -2.24. The molecule has 5 nitrogen and oxygen atoms in total. The normalized spacial score (nSPS) is 13.3. The Hall–Kier alpha value is -3.08. The number of anilines is 1. The van der Waals surface area contributed by atoms with Crippen molar-refractivity contribution in [3.8, 4) is 11.5 Å². The van der Waals surface area contributed by atoms with Crippen LogP contribution in [-0.2, 0) is 4.79 Å². The fraction of sp³-hybridized carbons (Fsp3) is 0.158. The van der Waals surface area contributed by atoms with Gasteiger partial charge in [-0.3, -0.25) is 9.59 Å². The number of methoxy groups -OCH3 is 2. The molecule has 120 valence electrons. The van der Waals surface area contributed by atoms with Crippen LogP contribution in [0.4, 0.5) is 5.69 Å². The number of amides is 1. The van der Waals surface area contributed by atoms with Crippen molar-refractivity contribution in [2.75, 3.05) is 19.5 Å². The molecule has 24 heavy (non-hydrogen) atoms. The molecule has 3 aromatic carbocycles. The highest BCUT2D eigenvalue weighted by atomic mass is 16.5. The Balaban J connectivity index is 2.37. The minimum absolute atomic E-state index is 0.343. The van der Waals surface area contributed by atoms with Gasteiger partial charge in [0.15, 0.2) is 11.5 Å². The smallest absolute Gasteiger partial charge is 0.296 e. The lowest BCUT2D eigenvalue weighted by Crippen LogP contribution is -2.28. The van der Waals surface area contributed by atoms with Crippen LogP contribution in [0.15, 0.2) is 30.3 Å². The number of ketones is 1. The molecule has 0 unspecified atom stereocenters. The molecule has 0 saturated heterocycles. The number of Topliss-reactive ketones (excluding diaryl/α,β-unsaturated/α-hetero) is 1. The summed E-state index contributed by atoms with van der Waals surface area (Å²) in [5.41, 5.74) is 1.92. The van der Waals surface area contributed by atoms with E-state index < -0.39 is 11.7 Å². The summed E-state index contributed by atoms with van der Waals surface area (Å²) < 4.78 is 11.0. The topological polar surface area (TPSA) is 64.6 Å². The Labute approximate surface area is 138 Å². The zero-order valence-corrected chi connectivity index (χ0v) is 13.5. The van der Waals surface area contributed by atoms with Crippen LogP contribution in [0.5, 0.6) is 11.5 Å². The van der Waals surface area contributed by atoms with Crippen molar-refractivity contribution in [1.82, 2.24) is 0 Å². The molecule has 0 bridgehead atoms. The number of hydrogen-bond donors (Lipinski definition) is 1. The molecule has 1 amide bonds. The van der Waals surface area contributed by atoms with E-state index in [4.69, 9.17) is 9.47 Å². The van der Waals surface area contributed by atoms with Crippen molar-refractivity contribution in [2.24, 2.45) is 0 Å². The Kier molecular flexibility index (Phi) is 3.00. The third-order valence-electron chi connectivity index (χ3n) is 4.58. The largest absolute Gasteiger partial charge is 0.493 e. The number of hydrogen-bond acceptors (Lipinski definition) is 4. The van der Waals surface area contributed by atoms with Crippen molar-refractivity contribution in [3.05, 3.63) is 41.5 Å². The minimum Gasteiger partial charge on any atom is -0.493 e. The van der Waals surface area contributed by atoms with Crippen LogP contribution < -0.4 is 14.8 Å². The number of aryl methyl sites for hydroxylation is 1. The number of carbonyl (C=O) groups excluding carboxylic acids is 2. The quantitative estimate of drug-likeness (QED) is 0.580. The second kappa shape index (κ2) is 4.96. The first-order valence-corrected chi connectivity index (χ1v) is 7.54. The first kappa shape index (κ1) is 14.5. The molecule has 0 saturated carbocycles. The van der Waals surface area contributed by atoms with E-state index in [9.17, 15) is 9.59 Å². The van der Waals surface area contributed by atoms with E-state index in [0.29, 0.717) is 28.1 Å². The van der Waals surface area contributed by atoms with Crippen molar-refractivity contribution >= 4 is 38.9 Å². The summed E-state index contributed by atoms with van der Waals surface area (Å²) in [5, 5.41) is 6.16. The number of nitrogens with one attached hydrogen (secondary N) is 1. The van der Waals surface area contributed by atoms with E-state index >= 15 is 0 Å². The predicted octanol–water partition coefficient (Wildman–Crippen LogP) is 3.45. The third kappa shape index (κ3) is 1.69. The summed E-state index contributed by atoms with van der Waals surface area (Å²) >= 11 is 0. The van der Waals surface area contributed by atoms with Crippen molar-refractivity contribution in [2.45, 2.75) is 6.92 Å². The Morgan fingerprint density at radius 2 is 1.67 bits per heavy atom. The number of rotatable bonds is 2. The lowest BCUT2D eigenvalue weighted by atomic mass is 9.88. The second-order valence-electron chi connectivity index (χ2n) is 5.74. The van der Waals surface area contributed by atoms with Crippen LogP contribution in [0.1, 0.15) is 15.9 Å². The first-order chi connectivity index (χ1) is 11.6. The monoisotopic (exact) mass is 321 g/mol. The first-order valence-electron chi connectivity index (χ1n) is 7.54. The van der Waals surface area contributed by atoms with Gasteiger partial charge in [-0.15, -0.1) is 0 Å². The molecule has 1 aliphatic rings. The second-order valence-corrected chi connectivity index (χ2v) is 5.74. The van der Waals surface area contributed by atoms with E-state index in [1.807, 2.05) is 31.2 Å². The Morgan fingerprint density at radius 3 is 2.33 bits per heavy atom. The zero-order valence-electron chi connectivity index (χ0n) is 13.5. The molecular weight excluding hydrogens is 306 g/mol. The van der Waals surface area contributed by atoms with E-state index in [1.54, 1.807) is 13.2 Å². The van der Waals surface area contributed by atoms with Gasteiger partial charge >= 0.3 is 0 Å². The highest BCUT2D eigenvalue weighted by Gasteiger charge is 2.31. The van der Waals surface area contributed by atoms with Gasteiger partial charge in [-0.2, -0.15) is 0 Å². The maximum Gasteiger partial charge on any atom is 0.296 e. The average molecular weight is 321 g/mol. The Bertz CT molecular complexity index is 1050. The summed E-state index contributed by atoms with van der Waals surface area (Å²) in [7, 11) is 3.08. The fourth-order valence-corrected chi connectivity index (χ4v) is 3.49. The van der Waals surface area contributed by atoms with Gasteiger partial charge in [0.05, 0.1) is 19.9 Å². The SMILES string of the molecule is COc1cc2c3c(c(C)c4ccccc4c3c1OC)NC(=O)C2=O. The molecule has 0 aromatic heterocycles. The van der Waals surface area contributed by atoms with Crippen LogP contribution in [0.3, 0.4) is 0 Å². The molecule has 0 aliphatic carbocycles. The lowest BCUT2D eigenvalue weighted by molar-refractivity contribution is -0.112. The maximum atomic E-state index is 12.4. The van der Waals surface area contributed by atoms with E-state index in [1.165, 1.54) is 7.11 Å². The molecule has 0 spiro atoms. The molecule has 4 rings (SSSR count). The summed E-state index contributed by atoms with van der Waals surface area (Å²) in [6, 6.07) is 9.43. The van der Waals surface area contributed by atoms with E-state index in [0.717, 1.165) is 21.7 Å². The van der Waals surface area contributed by atoms with E-state index in [2.05, 4.69) is 5.32 Å². The van der Waals surface area contributed by atoms with Crippen LogP contribution >= 0.6 is 0 Å². The molecule has 0 radical (unpaired) electrons. The molecule has 5 heteroatoms. The molecular formula is C19H15NO4. The number of carbonyl (C=O) groups is 2. The predicted molar refractivity (Wildman–Crippen MR) is 92.3 cm³/mol. The van der Waals surface area contributed by atoms with Crippen LogP contribution in [0, 0.1) is 6.92 Å². The van der Waals surface area contributed by atoms with Gasteiger partial charge in [-0.05, 0) is 29.3 Å². The fourth-order valence-electron chi connectivity index (χ4n) is 3.49. The molecule has 1 aliphatic heterocycles. The van der Waals surface area contributed by atoms with Crippen LogP contribution in [0.25, 0.3) is 21.5 Å². The van der Waals surface area contributed by atoms with Crippen LogP contribution in [0.2, 0.25) is 0 Å². The standard InChI is InChI=1S/C19H15NO4/c1-9-10-6-4-5-7-11(10)15-14-12(8-13(23-2)18(15)24-3)17(21)19(22)20-16(9)14/h4-8H,1-3H3,(H,20,22). The van der Waals surface area contributed by atoms with Gasteiger partial charge in [0.2, 0.25) is 0 Å². The summed E-state index contributed by atoms with van der Waals surface area (Å²) in [4.78, 5) is 24.5. The van der Waals surface area contributed by atoms with Crippen LogP contribution in [-0.4, -0.2) is 25.9 Å². The van der Waals surface area contributed by atoms with Crippen molar-refractivity contribution in [3.63, 3.8) is 0 Å². The molecule has 3 aromatic rings. The van der Waals surface area contributed by atoms with Gasteiger partial charge in [0.1, 0.15) is 0 Å². The third-order valence-corrected chi connectivity index (χ3v) is 4.58. The highest BCUT2D eigenvalue weighted by molar-refractivity contribution is 6.52. The number of fused-ring (bicyclic) bond motifs is 2. The van der Waals surface area contributed by atoms with Gasteiger partial charge in [0, 0.05) is 16.3 Å². The van der Waals surface area contributed by atoms with Gasteiger partial charge in [-0.1, -0.05) is 24.3 Å². The highest BCUT2D eigenvalue weighted by Crippen LogP contribution is 2.47. The maximum absolute atomic E-state index is 12.4. The Morgan fingerprint density at radius 1 is 0.958 bits per heavy atom. The summed E-state index contributed by atoms with van der Waals surface area (Å²) in [5.74, 6) is -0.210. The van der Waals surface area contributed by atoms with Gasteiger partial charge in [0.25, 0.3) is 11.7 Å². The number of ether oxygens (including phenoxy) is 2. The summed E-state index contributed by atoms with van der Waals surface area (Å²) in [6.45, 7) is 1.94. The van der Waals surface area contributed by atoms with Gasteiger partial charge in [-0.25, -0.2) is 0 Å². The van der Waals surface area contributed by atoms with Crippen molar-refractivity contribution in [1.29, 1.82) is 0 Å². The zero-order chi connectivity index (χ0) is 17.0.